The van der Waals surface area contributed by atoms with E-state index in [1.807, 2.05) is 12.1 Å². The van der Waals surface area contributed by atoms with E-state index in [0.717, 1.165) is 24.9 Å². The highest BCUT2D eigenvalue weighted by molar-refractivity contribution is 5.78. The van der Waals surface area contributed by atoms with Crippen molar-refractivity contribution in [2.75, 3.05) is 26.7 Å². The summed E-state index contributed by atoms with van der Waals surface area (Å²) in [6.07, 6.45) is 3.89. The Kier molecular flexibility index (Phi) is 5.31. The summed E-state index contributed by atoms with van der Waals surface area (Å²) in [7, 11) is 2.14. The SMILES string of the molecule is CCOC(=O)CNC(=O)O[C@H]1C=C[C@H]2[C@H]3Cc4ccc(OC(C)=O)c5c4[C@@]2(CCN3C)[C@H]1O5. The summed E-state index contributed by atoms with van der Waals surface area (Å²) in [5, 5.41) is 2.45. The molecular weight excluding hydrogens is 428 g/mol. The van der Waals surface area contributed by atoms with Crippen LogP contribution >= 0.6 is 0 Å². The average molecular weight is 456 g/mol. The van der Waals surface area contributed by atoms with Gasteiger partial charge in [0.25, 0.3) is 0 Å². The van der Waals surface area contributed by atoms with Crippen molar-refractivity contribution in [3.05, 3.63) is 35.4 Å². The standard InChI is InChI=1S/C24H28N2O7/c1-4-30-19(28)12-25-23(29)32-18-8-6-15-16-11-14-5-7-17(31-13(2)27)21-20(14)24(15,22(18)33-21)9-10-26(16)3/h5-8,15-16,18,22H,4,9-12H2,1-3H3,(H,25,29)/t15-,16+,18-,22-,24-/m0/s1. The first-order valence-electron chi connectivity index (χ1n) is 11.3. The zero-order valence-corrected chi connectivity index (χ0v) is 19.0. The molecule has 5 rings (SSSR count). The van der Waals surface area contributed by atoms with Crippen molar-refractivity contribution >= 4 is 18.0 Å². The van der Waals surface area contributed by atoms with Crippen LogP contribution in [0.25, 0.3) is 0 Å². The van der Waals surface area contributed by atoms with Gasteiger partial charge in [-0.2, -0.15) is 0 Å². The second-order valence-electron chi connectivity index (χ2n) is 9.04. The molecule has 5 atom stereocenters. The maximum Gasteiger partial charge on any atom is 0.408 e. The summed E-state index contributed by atoms with van der Waals surface area (Å²) in [4.78, 5) is 38.1. The van der Waals surface area contributed by atoms with E-state index in [0.29, 0.717) is 17.5 Å². The number of benzene rings is 1. The van der Waals surface area contributed by atoms with Gasteiger partial charge in [-0.1, -0.05) is 12.1 Å². The molecule has 1 aromatic rings. The van der Waals surface area contributed by atoms with Gasteiger partial charge in [0.15, 0.2) is 17.6 Å². The Bertz CT molecular complexity index is 1040. The van der Waals surface area contributed by atoms with Crippen LogP contribution in [0.2, 0.25) is 0 Å². The molecule has 1 fully saturated rings. The van der Waals surface area contributed by atoms with Gasteiger partial charge < -0.3 is 29.2 Å². The van der Waals surface area contributed by atoms with Crippen LogP contribution in [0.4, 0.5) is 4.79 Å². The number of carbonyl (C=O) groups excluding carboxylic acids is 3. The number of likely N-dealkylation sites (N-methyl/N-ethyl adjacent to an activating group) is 1. The lowest BCUT2D eigenvalue weighted by atomic mass is 9.53. The summed E-state index contributed by atoms with van der Waals surface area (Å²) < 4.78 is 22.5. The van der Waals surface area contributed by atoms with E-state index in [1.165, 1.54) is 12.5 Å². The maximum absolute atomic E-state index is 12.5. The predicted molar refractivity (Wildman–Crippen MR) is 116 cm³/mol. The van der Waals surface area contributed by atoms with E-state index >= 15 is 0 Å². The van der Waals surface area contributed by atoms with E-state index in [2.05, 4.69) is 23.3 Å². The third-order valence-electron chi connectivity index (χ3n) is 7.29. The van der Waals surface area contributed by atoms with Crippen LogP contribution in [0.1, 0.15) is 31.4 Å². The fourth-order valence-corrected chi connectivity index (χ4v) is 6.07. The second kappa shape index (κ2) is 8.06. The number of nitrogens with zero attached hydrogens (tertiary/aromatic N) is 1. The molecule has 4 aliphatic rings. The predicted octanol–water partition coefficient (Wildman–Crippen LogP) is 1.71. The Balaban J connectivity index is 1.48. The molecule has 9 nitrogen and oxygen atoms in total. The lowest BCUT2D eigenvalue weighted by Gasteiger charge is -2.56. The van der Waals surface area contributed by atoms with Crippen LogP contribution in [0, 0.1) is 5.92 Å². The summed E-state index contributed by atoms with van der Waals surface area (Å²) in [5.74, 6) is 0.208. The fraction of sp³-hybridized carbons (Fsp3) is 0.542. The van der Waals surface area contributed by atoms with Gasteiger partial charge in [-0.05, 0) is 51.1 Å². The first-order valence-corrected chi connectivity index (χ1v) is 11.3. The van der Waals surface area contributed by atoms with Gasteiger partial charge >= 0.3 is 18.0 Å². The van der Waals surface area contributed by atoms with Crippen LogP contribution in [-0.4, -0.2) is 67.9 Å². The Labute approximate surface area is 192 Å². The number of nitrogens with one attached hydrogen (secondary N) is 1. The third-order valence-corrected chi connectivity index (χ3v) is 7.29. The molecule has 0 radical (unpaired) electrons. The number of ether oxygens (including phenoxy) is 4. The molecule has 0 unspecified atom stereocenters. The first kappa shape index (κ1) is 21.8. The van der Waals surface area contributed by atoms with E-state index < -0.39 is 30.2 Å². The smallest absolute Gasteiger partial charge is 0.408 e. The zero-order chi connectivity index (χ0) is 23.3. The molecule has 1 amide bonds. The number of alkyl carbamates (subject to hydrolysis) is 1. The van der Waals surface area contributed by atoms with Gasteiger partial charge in [-0.15, -0.1) is 0 Å². The molecule has 0 aromatic heterocycles. The average Bonchev–Trinajstić information content (AvgIpc) is 3.12. The first-order chi connectivity index (χ1) is 15.8. The summed E-state index contributed by atoms with van der Waals surface area (Å²) in [6.45, 7) is 3.92. The molecule has 2 heterocycles. The van der Waals surface area contributed by atoms with Crippen LogP contribution < -0.4 is 14.8 Å². The topological polar surface area (TPSA) is 103 Å². The maximum atomic E-state index is 12.5. The molecular formula is C24H28N2O7. The van der Waals surface area contributed by atoms with Gasteiger partial charge in [-0.25, -0.2) is 4.79 Å². The quantitative estimate of drug-likeness (QED) is 0.406. The van der Waals surface area contributed by atoms with Crippen molar-refractivity contribution < 1.29 is 33.3 Å². The Hall–Kier alpha value is -3.07. The van der Waals surface area contributed by atoms with Crippen molar-refractivity contribution in [3.63, 3.8) is 0 Å². The number of amides is 1. The van der Waals surface area contributed by atoms with Gasteiger partial charge in [0.2, 0.25) is 0 Å². The summed E-state index contributed by atoms with van der Waals surface area (Å²) >= 11 is 0. The summed E-state index contributed by atoms with van der Waals surface area (Å²) in [6, 6.07) is 4.11. The Morgan fingerprint density at radius 3 is 2.85 bits per heavy atom. The number of piperidine rings is 1. The molecule has 2 aliphatic heterocycles. The molecule has 1 saturated heterocycles. The third kappa shape index (κ3) is 3.37. The largest absolute Gasteiger partial charge is 0.481 e. The van der Waals surface area contributed by atoms with Crippen molar-refractivity contribution in [2.24, 2.45) is 5.92 Å². The minimum absolute atomic E-state index is 0.185. The van der Waals surface area contributed by atoms with Gasteiger partial charge in [0.05, 0.1) is 6.61 Å². The molecule has 2 bridgehead atoms. The highest BCUT2D eigenvalue weighted by Gasteiger charge is 2.65. The van der Waals surface area contributed by atoms with Crippen molar-refractivity contribution in [3.8, 4) is 11.5 Å². The van der Waals surface area contributed by atoms with E-state index in [4.69, 9.17) is 18.9 Å². The highest BCUT2D eigenvalue weighted by atomic mass is 16.6. The molecule has 33 heavy (non-hydrogen) atoms. The van der Waals surface area contributed by atoms with Crippen molar-refractivity contribution in [1.29, 1.82) is 0 Å². The second-order valence-corrected chi connectivity index (χ2v) is 9.04. The monoisotopic (exact) mass is 456 g/mol. The molecule has 1 N–H and O–H groups in total. The minimum atomic E-state index is -0.715. The van der Waals surface area contributed by atoms with Gasteiger partial charge in [-0.3, -0.25) is 9.59 Å². The molecule has 0 saturated carbocycles. The van der Waals surface area contributed by atoms with Gasteiger partial charge in [0.1, 0.15) is 12.6 Å². The molecule has 9 heteroatoms. The van der Waals surface area contributed by atoms with Crippen LogP contribution in [0.3, 0.4) is 0 Å². The summed E-state index contributed by atoms with van der Waals surface area (Å²) in [5.41, 5.74) is 1.87. The molecule has 2 aliphatic carbocycles. The van der Waals surface area contributed by atoms with Crippen LogP contribution in [0.5, 0.6) is 11.5 Å². The fourth-order valence-electron chi connectivity index (χ4n) is 6.07. The van der Waals surface area contributed by atoms with Crippen molar-refractivity contribution in [1.82, 2.24) is 10.2 Å². The Morgan fingerprint density at radius 2 is 2.09 bits per heavy atom. The number of hydrogen-bond donors (Lipinski definition) is 1. The number of esters is 2. The Morgan fingerprint density at radius 1 is 1.27 bits per heavy atom. The molecule has 1 spiro atoms. The van der Waals surface area contributed by atoms with E-state index in [-0.39, 0.29) is 24.5 Å². The van der Waals surface area contributed by atoms with Crippen LogP contribution in [-0.2, 0) is 30.9 Å². The van der Waals surface area contributed by atoms with E-state index in [1.54, 1.807) is 13.0 Å². The lowest BCUT2D eigenvalue weighted by molar-refractivity contribution is -0.142. The van der Waals surface area contributed by atoms with Crippen LogP contribution in [0.15, 0.2) is 24.3 Å². The van der Waals surface area contributed by atoms with E-state index in [9.17, 15) is 14.4 Å². The zero-order valence-electron chi connectivity index (χ0n) is 19.0. The molecule has 176 valence electrons. The molecule has 1 aromatic carbocycles. The number of hydrogen-bond acceptors (Lipinski definition) is 8. The van der Waals surface area contributed by atoms with Gasteiger partial charge in [0, 0.05) is 29.9 Å². The lowest BCUT2D eigenvalue weighted by Crippen LogP contribution is -2.65. The normalized spacial score (nSPS) is 30.6. The number of carbonyl (C=O) groups is 3. The number of rotatable bonds is 5. The number of likely N-dealkylation sites (tertiary alicyclic amines) is 1. The highest BCUT2D eigenvalue weighted by Crippen LogP contribution is 2.62. The minimum Gasteiger partial charge on any atom is -0.481 e. The van der Waals surface area contributed by atoms with Crippen molar-refractivity contribution in [2.45, 2.75) is 50.4 Å².